The molecule has 0 radical (unpaired) electrons. The minimum absolute atomic E-state index is 0.117. The van der Waals surface area contributed by atoms with Crippen LogP contribution in [0.25, 0.3) is 0 Å². The number of hydrogen-bond donors (Lipinski definition) is 2. The van der Waals surface area contributed by atoms with E-state index >= 15 is 0 Å². The minimum Gasteiger partial charge on any atom is -0.465 e. The molecule has 1 aromatic heterocycles. The molecule has 148 valence electrons. The number of ether oxygens (including phenoxy) is 2. The topological polar surface area (TPSA) is 112 Å². The maximum absolute atomic E-state index is 12.9. The summed E-state index contributed by atoms with van der Waals surface area (Å²) in [5.74, 6) is -3.14. The van der Waals surface area contributed by atoms with E-state index in [-0.39, 0.29) is 28.4 Å². The quantitative estimate of drug-likeness (QED) is 0.762. The van der Waals surface area contributed by atoms with Gasteiger partial charge >= 0.3 is 12.1 Å². The Bertz CT molecular complexity index is 1010. The number of hydrogen-bond acceptors (Lipinski definition) is 7. The van der Waals surface area contributed by atoms with E-state index in [1.165, 1.54) is 0 Å². The van der Waals surface area contributed by atoms with Crippen LogP contribution >= 0.6 is 0 Å². The van der Waals surface area contributed by atoms with E-state index in [1.807, 2.05) is 0 Å². The molecule has 1 aromatic carbocycles. The second-order valence-electron chi connectivity index (χ2n) is 5.85. The van der Waals surface area contributed by atoms with Crippen molar-refractivity contribution in [3.8, 4) is 5.75 Å². The lowest BCUT2D eigenvalue weighted by atomic mass is 9.86. The average Bonchev–Trinajstić information content (AvgIpc) is 2.66. The first-order valence-electron chi connectivity index (χ1n) is 7.88. The van der Waals surface area contributed by atoms with Crippen molar-refractivity contribution in [1.82, 2.24) is 0 Å². The molecule has 3 rings (SSSR count). The molecular weight excluding hydrogens is 383 g/mol. The number of aliphatic hydroxyl groups is 1. The number of halogens is 3. The maximum atomic E-state index is 12.9. The molecule has 1 aliphatic heterocycles. The number of benzene rings is 1. The van der Waals surface area contributed by atoms with Crippen LogP contribution in [0.15, 0.2) is 51.0 Å². The van der Waals surface area contributed by atoms with Crippen LogP contribution < -0.4 is 15.9 Å². The fourth-order valence-electron chi connectivity index (χ4n) is 2.87. The summed E-state index contributed by atoms with van der Waals surface area (Å²) in [6.07, 6.45) is -4.55. The number of methoxy groups -OCH3 is 1. The van der Waals surface area contributed by atoms with Crippen LogP contribution in [0.3, 0.4) is 0 Å². The van der Waals surface area contributed by atoms with E-state index in [4.69, 9.17) is 14.9 Å². The number of carbonyl (C=O) groups excluding carboxylic acids is 1. The van der Waals surface area contributed by atoms with E-state index in [9.17, 15) is 27.9 Å². The molecule has 10 heteroatoms. The minimum atomic E-state index is -4.55. The summed E-state index contributed by atoms with van der Waals surface area (Å²) in [4.78, 5) is 24.5. The van der Waals surface area contributed by atoms with Gasteiger partial charge < -0.3 is 24.7 Å². The van der Waals surface area contributed by atoms with Crippen LogP contribution in [0.4, 0.5) is 13.2 Å². The molecule has 28 heavy (non-hydrogen) atoms. The third-order valence-corrected chi connectivity index (χ3v) is 4.14. The van der Waals surface area contributed by atoms with Gasteiger partial charge in [-0.05, 0) is 17.7 Å². The molecule has 7 nitrogen and oxygen atoms in total. The summed E-state index contributed by atoms with van der Waals surface area (Å²) in [5, 5.41) is 9.29. The predicted molar refractivity (Wildman–Crippen MR) is 88.0 cm³/mol. The Balaban J connectivity index is 2.24. The number of esters is 1. The lowest BCUT2D eigenvalue weighted by Gasteiger charge is -2.26. The van der Waals surface area contributed by atoms with Crippen molar-refractivity contribution in [2.75, 3.05) is 7.11 Å². The van der Waals surface area contributed by atoms with Gasteiger partial charge in [0.05, 0.1) is 18.6 Å². The van der Waals surface area contributed by atoms with Gasteiger partial charge in [-0.1, -0.05) is 12.1 Å². The number of aliphatic hydroxyl groups excluding tert-OH is 1. The van der Waals surface area contributed by atoms with E-state index in [1.54, 1.807) is 0 Å². The largest absolute Gasteiger partial charge is 0.465 e. The Morgan fingerprint density at radius 3 is 2.46 bits per heavy atom. The summed E-state index contributed by atoms with van der Waals surface area (Å²) < 4.78 is 54.0. The highest BCUT2D eigenvalue weighted by molar-refractivity contribution is 5.92. The number of fused-ring (bicyclic) bond motifs is 1. The first kappa shape index (κ1) is 19.5. The lowest BCUT2D eigenvalue weighted by molar-refractivity contribution is -0.138. The summed E-state index contributed by atoms with van der Waals surface area (Å²) in [5.41, 5.74) is 4.15. The van der Waals surface area contributed by atoms with Crippen LogP contribution in [0.2, 0.25) is 0 Å². The van der Waals surface area contributed by atoms with Crippen molar-refractivity contribution in [2.24, 2.45) is 5.73 Å². The standard InChI is InChI=1S/C18H14F3NO6/c1-26-17(25)13-12(8-2-4-9(5-3-8)18(19,20)21)15-14(28-16(13)22)11(24)6-10(7-23)27-15/h2-6,12,23H,7,22H2,1H3/t12-/m1/s1. The first-order valence-corrected chi connectivity index (χ1v) is 7.88. The highest BCUT2D eigenvalue weighted by Gasteiger charge is 2.39. The number of alkyl halides is 3. The smallest absolute Gasteiger partial charge is 0.416 e. The van der Waals surface area contributed by atoms with E-state index in [0.29, 0.717) is 0 Å². The highest BCUT2D eigenvalue weighted by Crippen LogP contribution is 2.42. The molecule has 0 saturated carbocycles. The third-order valence-electron chi connectivity index (χ3n) is 4.14. The van der Waals surface area contributed by atoms with Gasteiger partial charge in [0.25, 0.3) is 0 Å². The third kappa shape index (κ3) is 3.33. The van der Waals surface area contributed by atoms with Crippen LogP contribution in [-0.4, -0.2) is 18.2 Å². The van der Waals surface area contributed by atoms with Crippen molar-refractivity contribution < 1.29 is 37.0 Å². The van der Waals surface area contributed by atoms with Gasteiger partial charge in [-0.2, -0.15) is 13.2 Å². The van der Waals surface area contributed by atoms with Gasteiger partial charge in [0.2, 0.25) is 17.1 Å². The zero-order valence-electron chi connectivity index (χ0n) is 14.4. The Labute approximate surface area is 155 Å². The predicted octanol–water partition coefficient (Wildman–Crippen LogP) is 2.02. The van der Waals surface area contributed by atoms with Gasteiger partial charge in [0.15, 0.2) is 5.76 Å². The zero-order valence-corrected chi connectivity index (χ0v) is 14.4. The van der Waals surface area contributed by atoms with Gasteiger partial charge in [-0.15, -0.1) is 0 Å². The average molecular weight is 397 g/mol. The van der Waals surface area contributed by atoms with Crippen LogP contribution in [0.5, 0.6) is 5.75 Å². The Kier molecular flexibility index (Phi) is 4.90. The second-order valence-corrected chi connectivity index (χ2v) is 5.85. The van der Waals surface area contributed by atoms with Crippen LogP contribution in [-0.2, 0) is 22.3 Å². The molecule has 2 heterocycles. The van der Waals surface area contributed by atoms with Crippen molar-refractivity contribution in [3.05, 3.63) is 74.7 Å². The van der Waals surface area contributed by atoms with Gasteiger partial charge in [0, 0.05) is 6.07 Å². The lowest BCUT2D eigenvalue weighted by Crippen LogP contribution is -2.29. The fraction of sp³-hybridized carbons (Fsp3) is 0.222. The zero-order chi connectivity index (χ0) is 20.6. The molecule has 2 aromatic rings. The molecule has 0 aliphatic carbocycles. The van der Waals surface area contributed by atoms with Crippen molar-refractivity contribution in [3.63, 3.8) is 0 Å². The summed E-state index contributed by atoms with van der Waals surface area (Å²) in [6.45, 7) is -0.616. The molecule has 3 N–H and O–H groups in total. The fourth-order valence-corrected chi connectivity index (χ4v) is 2.87. The van der Waals surface area contributed by atoms with Crippen LogP contribution in [0.1, 0.15) is 28.6 Å². The Hall–Kier alpha value is -3.27. The van der Waals surface area contributed by atoms with E-state index in [2.05, 4.69) is 4.74 Å². The molecular formula is C18H14F3NO6. The highest BCUT2D eigenvalue weighted by atomic mass is 19.4. The number of nitrogens with two attached hydrogens (primary N) is 1. The van der Waals surface area contributed by atoms with E-state index < -0.39 is 41.5 Å². The Morgan fingerprint density at radius 1 is 1.29 bits per heavy atom. The second kappa shape index (κ2) is 7.04. The van der Waals surface area contributed by atoms with Gasteiger partial charge in [-0.3, -0.25) is 4.79 Å². The monoisotopic (exact) mass is 397 g/mol. The molecule has 0 unspecified atom stereocenters. The molecule has 0 saturated heterocycles. The molecule has 0 fully saturated rings. The summed E-state index contributed by atoms with van der Waals surface area (Å²) in [7, 11) is 1.09. The van der Waals surface area contributed by atoms with Crippen LogP contribution in [0, 0.1) is 0 Å². The maximum Gasteiger partial charge on any atom is 0.416 e. The van der Waals surface area contributed by atoms with Gasteiger partial charge in [-0.25, -0.2) is 4.79 Å². The molecule has 0 bridgehead atoms. The number of rotatable bonds is 3. The first-order chi connectivity index (χ1) is 13.2. The molecule has 0 amide bonds. The summed E-state index contributed by atoms with van der Waals surface area (Å²) >= 11 is 0. The SMILES string of the molecule is COC(=O)C1=C(N)Oc2c(oc(CO)cc2=O)[C@@H]1c1ccc(C(F)(F)F)cc1. The van der Waals surface area contributed by atoms with Crippen molar-refractivity contribution in [2.45, 2.75) is 18.7 Å². The number of carbonyl (C=O) groups is 1. The van der Waals surface area contributed by atoms with Crippen molar-refractivity contribution >= 4 is 5.97 Å². The normalized spacial score (nSPS) is 16.4. The van der Waals surface area contributed by atoms with Crippen molar-refractivity contribution in [1.29, 1.82) is 0 Å². The molecule has 1 atom stereocenters. The Morgan fingerprint density at radius 2 is 1.93 bits per heavy atom. The van der Waals surface area contributed by atoms with Gasteiger partial charge in [0.1, 0.15) is 17.9 Å². The molecule has 1 aliphatic rings. The summed E-state index contributed by atoms with van der Waals surface area (Å²) in [6, 6.07) is 4.89. The van der Waals surface area contributed by atoms with E-state index in [0.717, 1.165) is 37.4 Å². The molecule has 0 spiro atoms.